The summed E-state index contributed by atoms with van der Waals surface area (Å²) in [6.45, 7) is 12.5. The first-order valence-corrected chi connectivity index (χ1v) is 16.2. The highest BCUT2D eigenvalue weighted by molar-refractivity contribution is 7.90. The summed E-state index contributed by atoms with van der Waals surface area (Å²) in [5.41, 5.74) is -0.164. The van der Waals surface area contributed by atoms with Gasteiger partial charge in [0.05, 0.1) is 11.6 Å². The van der Waals surface area contributed by atoms with Gasteiger partial charge < -0.3 is 9.64 Å². The SMILES string of the molecule is CC1=CC(C)(C)N(C)c2cc3c(cc21)C(c1ccccc1C(=O)NS(=O)(=O)C(F)(F)F)=c1cc2c(cc1O3)=[N+](C)C(C)(C)C=C2C. The standard InChI is InChI=1S/C35H34F3N3O4S/c1-19-17-33(3,4)40(7)27-15-29-25(13-23(19)27)31(21-11-9-10-12-22(21)32(42)39-46(43,44)35(36,37)38)26-14-24-20(2)18-34(5,6)41(8)28(24)16-30(26)45-29/h9-18H,1-8H3/p+1. The minimum atomic E-state index is -5.95. The maximum Gasteiger partial charge on any atom is 0.516 e. The van der Waals surface area contributed by atoms with E-state index in [4.69, 9.17) is 4.74 Å². The third-order valence-electron chi connectivity index (χ3n) is 9.37. The molecule has 3 aromatic rings. The van der Waals surface area contributed by atoms with Crippen molar-refractivity contribution in [1.29, 1.82) is 0 Å². The Bertz CT molecular complexity index is 2180. The van der Waals surface area contributed by atoms with Gasteiger partial charge in [-0.2, -0.15) is 21.6 Å². The van der Waals surface area contributed by atoms with Gasteiger partial charge in [0, 0.05) is 65.7 Å². The van der Waals surface area contributed by atoms with Crippen molar-refractivity contribution in [2.24, 2.45) is 0 Å². The predicted molar refractivity (Wildman–Crippen MR) is 174 cm³/mol. The summed E-state index contributed by atoms with van der Waals surface area (Å²) in [6.07, 6.45) is 4.31. The molecule has 0 saturated heterocycles. The van der Waals surface area contributed by atoms with E-state index in [0.29, 0.717) is 27.9 Å². The quantitative estimate of drug-likeness (QED) is 0.294. The Kier molecular flexibility index (Phi) is 6.91. The summed E-state index contributed by atoms with van der Waals surface area (Å²) in [5, 5.41) is 1.56. The lowest BCUT2D eigenvalue weighted by molar-refractivity contribution is -0.0446. The number of carbonyl (C=O) groups excluding carboxylic acids is 1. The van der Waals surface area contributed by atoms with Crippen molar-refractivity contribution in [3.8, 4) is 11.5 Å². The van der Waals surface area contributed by atoms with E-state index in [1.807, 2.05) is 52.2 Å². The smallest absolute Gasteiger partial charge is 0.456 e. The monoisotopic (exact) mass is 650 g/mol. The van der Waals surface area contributed by atoms with Gasteiger partial charge in [-0.15, -0.1) is 0 Å². The second kappa shape index (κ2) is 10.1. The van der Waals surface area contributed by atoms with Crippen molar-refractivity contribution in [3.63, 3.8) is 0 Å². The van der Waals surface area contributed by atoms with E-state index in [0.717, 1.165) is 33.3 Å². The zero-order chi connectivity index (χ0) is 33.7. The van der Waals surface area contributed by atoms with Crippen LogP contribution in [0.4, 0.5) is 18.9 Å². The number of hydrogen-bond acceptors (Lipinski definition) is 5. The van der Waals surface area contributed by atoms with E-state index in [1.54, 1.807) is 12.1 Å². The number of allylic oxidation sites excluding steroid dienone is 2. The van der Waals surface area contributed by atoms with Crippen LogP contribution in [0.5, 0.6) is 11.5 Å². The average Bonchev–Trinajstić information content (AvgIpc) is 2.95. The summed E-state index contributed by atoms with van der Waals surface area (Å²) < 4.78 is 73.8. The molecule has 0 bridgehead atoms. The third-order valence-corrected chi connectivity index (χ3v) is 10.4. The average molecular weight is 651 g/mol. The number of nitrogens with one attached hydrogen (secondary N) is 1. The normalized spacial score (nSPS) is 17.9. The number of hydrogen-bond donors (Lipinski definition) is 1. The number of likely N-dealkylation sites (N-methyl/N-ethyl adjacent to an activating group) is 2. The first-order valence-electron chi connectivity index (χ1n) is 14.8. The molecule has 240 valence electrons. The molecule has 0 aliphatic carbocycles. The molecule has 6 rings (SSSR count). The molecule has 1 N–H and O–H groups in total. The molecule has 7 nitrogen and oxygen atoms in total. The number of anilines is 1. The van der Waals surface area contributed by atoms with E-state index in [1.165, 1.54) is 16.9 Å². The van der Waals surface area contributed by atoms with Crippen LogP contribution >= 0.6 is 0 Å². The van der Waals surface area contributed by atoms with Crippen molar-refractivity contribution in [2.45, 2.75) is 58.1 Å². The molecular weight excluding hydrogens is 615 g/mol. The van der Waals surface area contributed by atoms with Crippen molar-refractivity contribution in [2.75, 3.05) is 19.0 Å². The number of halogens is 3. The van der Waals surface area contributed by atoms with Gasteiger partial charge in [-0.3, -0.25) is 4.79 Å². The van der Waals surface area contributed by atoms with Crippen LogP contribution in [0.3, 0.4) is 0 Å². The highest BCUT2D eigenvalue weighted by Gasteiger charge is 2.47. The Labute approximate surface area is 266 Å². The maximum atomic E-state index is 13.3. The molecule has 0 unspecified atom stereocenters. The molecule has 0 radical (unpaired) electrons. The Morgan fingerprint density at radius 3 is 2.22 bits per heavy atom. The van der Waals surface area contributed by atoms with Gasteiger partial charge in [0.15, 0.2) is 5.54 Å². The summed E-state index contributed by atoms with van der Waals surface area (Å²) in [4.78, 5) is 15.5. The van der Waals surface area contributed by atoms with Crippen LogP contribution in [-0.4, -0.2) is 45.0 Å². The largest absolute Gasteiger partial charge is 0.516 e. The van der Waals surface area contributed by atoms with E-state index >= 15 is 0 Å². The molecule has 3 aromatic carbocycles. The number of carbonyl (C=O) groups is 1. The van der Waals surface area contributed by atoms with Crippen LogP contribution in [-0.2, 0) is 10.0 Å². The molecule has 1 amide bonds. The molecule has 0 atom stereocenters. The summed E-state index contributed by atoms with van der Waals surface area (Å²) in [7, 11) is -1.95. The molecule has 46 heavy (non-hydrogen) atoms. The number of fused-ring (bicyclic) bond motifs is 4. The van der Waals surface area contributed by atoms with E-state index in [9.17, 15) is 26.4 Å². The fourth-order valence-corrected chi connectivity index (χ4v) is 7.07. The Morgan fingerprint density at radius 1 is 0.891 bits per heavy atom. The molecular formula is C35H35F3N3O4S+. The van der Waals surface area contributed by atoms with Crippen molar-refractivity contribution < 1.29 is 31.1 Å². The minimum absolute atomic E-state index is 0.226. The zero-order valence-corrected chi connectivity index (χ0v) is 27.7. The third kappa shape index (κ3) is 4.83. The first-order chi connectivity index (χ1) is 21.2. The molecule has 0 saturated carbocycles. The Morgan fingerprint density at radius 2 is 1.54 bits per heavy atom. The van der Waals surface area contributed by atoms with Gasteiger partial charge in [0.25, 0.3) is 5.91 Å². The summed E-state index contributed by atoms with van der Waals surface area (Å²) >= 11 is 0. The van der Waals surface area contributed by atoms with Crippen molar-refractivity contribution >= 4 is 38.3 Å². The maximum absolute atomic E-state index is 13.3. The summed E-state index contributed by atoms with van der Waals surface area (Å²) in [6, 6.07) is 13.9. The second-order valence-electron chi connectivity index (χ2n) is 13.2. The number of ether oxygens (including phenoxy) is 1. The number of sulfonamides is 1. The Balaban J connectivity index is 1.71. The molecule has 3 heterocycles. The van der Waals surface area contributed by atoms with Crippen LogP contribution < -0.4 is 29.5 Å². The minimum Gasteiger partial charge on any atom is -0.456 e. The van der Waals surface area contributed by atoms with E-state index < -0.39 is 21.4 Å². The Hall–Kier alpha value is -4.38. The molecule has 0 spiro atoms. The fourth-order valence-electron chi connectivity index (χ4n) is 6.60. The van der Waals surface area contributed by atoms with Gasteiger partial charge in [-0.1, -0.05) is 24.3 Å². The molecule has 11 heteroatoms. The van der Waals surface area contributed by atoms with Gasteiger partial charge in [0.1, 0.15) is 18.5 Å². The number of rotatable bonds is 3. The number of amides is 1. The van der Waals surface area contributed by atoms with Crippen LogP contribution in [0.1, 0.15) is 74.2 Å². The molecule has 3 aliphatic rings. The second-order valence-corrected chi connectivity index (χ2v) is 14.9. The van der Waals surface area contributed by atoms with Gasteiger partial charge in [-0.05, 0) is 68.7 Å². The predicted octanol–water partition coefficient (Wildman–Crippen LogP) is 5.57. The molecule has 3 aliphatic heterocycles. The number of alkyl halides is 3. The van der Waals surface area contributed by atoms with Crippen LogP contribution in [0.15, 0.2) is 60.7 Å². The first kappa shape index (κ1) is 31.6. The van der Waals surface area contributed by atoms with E-state index in [-0.39, 0.29) is 22.2 Å². The van der Waals surface area contributed by atoms with Crippen LogP contribution in [0.2, 0.25) is 0 Å². The highest BCUT2D eigenvalue weighted by atomic mass is 32.2. The lowest BCUT2D eigenvalue weighted by atomic mass is 9.83. The highest BCUT2D eigenvalue weighted by Crippen LogP contribution is 2.46. The molecule has 0 aromatic heterocycles. The van der Waals surface area contributed by atoms with Gasteiger partial charge >= 0.3 is 15.5 Å². The zero-order valence-electron chi connectivity index (χ0n) is 26.8. The van der Waals surface area contributed by atoms with Crippen molar-refractivity contribution in [3.05, 3.63) is 99.1 Å². The van der Waals surface area contributed by atoms with Gasteiger partial charge in [0.2, 0.25) is 5.36 Å². The lowest BCUT2D eigenvalue weighted by Gasteiger charge is -2.41. The van der Waals surface area contributed by atoms with E-state index in [2.05, 4.69) is 49.3 Å². The van der Waals surface area contributed by atoms with Crippen LogP contribution in [0.25, 0.3) is 16.7 Å². The number of benzene rings is 3. The topological polar surface area (TPSA) is 78.7 Å². The van der Waals surface area contributed by atoms with Gasteiger partial charge in [-0.25, -0.2) is 9.30 Å². The number of nitrogens with zero attached hydrogens (tertiary/aromatic N) is 2. The van der Waals surface area contributed by atoms with Crippen molar-refractivity contribution in [1.82, 2.24) is 9.30 Å². The summed E-state index contributed by atoms with van der Waals surface area (Å²) in [5.74, 6) is -0.385. The fraction of sp³-hybridized carbons (Fsp3) is 0.314. The molecule has 0 fully saturated rings. The van der Waals surface area contributed by atoms with Crippen LogP contribution in [0, 0.1) is 0 Å². The lowest BCUT2D eigenvalue weighted by Crippen LogP contribution is -2.47.